The number of allylic oxidation sites excluding steroid dienone is 2. The molecule has 3 rings (SSSR count). The van der Waals surface area contributed by atoms with Crippen LogP contribution in [0.25, 0.3) is 10.8 Å². The molecule has 0 aliphatic carbocycles. The van der Waals surface area contributed by atoms with E-state index in [0.717, 1.165) is 10.8 Å². The zero-order chi connectivity index (χ0) is 18.7. The Morgan fingerprint density at radius 3 is 2.35 bits per heavy atom. The van der Waals surface area contributed by atoms with E-state index < -0.39 is 11.9 Å². The second-order valence-corrected chi connectivity index (χ2v) is 5.49. The fraction of sp³-hybridized carbons (Fsp3) is 0.100. The Morgan fingerprint density at radius 1 is 0.923 bits per heavy atom. The molecule has 0 atom stereocenters. The van der Waals surface area contributed by atoms with E-state index in [1.165, 1.54) is 32.4 Å². The van der Waals surface area contributed by atoms with Crippen molar-refractivity contribution in [3.8, 4) is 0 Å². The minimum atomic E-state index is -0.680. The smallest absolute Gasteiger partial charge is 0.355 e. The molecule has 1 aliphatic rings. The van der Waals surface area contributed by atoms with Gasteiger partial charge < -0.3 is 14.4 Å². The predicted octanol–water partition coefficient (Wildman–Crippen LogP) is 3.47. The van der Waals surface area contributed by atoms with Gasteiger partial charge in [-0.1, -0.05) is 18.2 Å². The van der Waals surface area contributed by atoms with Gasteiger partial charge in [0, 0.05) is 11.9 Å². The number of methoxy groups -OCH3 is 2. The van der Waals surface area contributed by atoms with E-state index in [2.05, 4.69) is 0 Å². The van der Waals surface area contributed by atoms with Crippen LogP contribution in [0.5, 0.6) is 0 Å². The van der Waals surface area contributed by atoms with Crippen molar-refractivity contribution in [2.75, 3.05) is 19.1 Å². The molecule has 1 heterocycles. The number of benzene rings is 2. The van der Waals surface area contributed by atoms with Crippen molar-refractivity contribution >= 4 is 28.4 Å². The summed E-state index contributed by atoms with van der Waals surface area (Å²) in [4.78, 5) is 26.1. The van der Waals surface area contributed by atoms with Crippen LogP contribution in [0.1, 0.15) is 0 Å². The first-order chi connectivity index (χ1) is 12.5. The Balaban J connectivity index is 2.18. The number of carbonyl (C=O) groups is 2. The minimum Gasteiger partial charge on any atom is -0.465 e. The van der Waals surface area contributed by atoms with E-state index >= 15 is 0 Å². The number of carbonyl (C=O) groups excluding carboxylic acids is 2. The van der Waals surface area contributed by atoms with E-state index in [0.29, 0.717) is 5.69 Å². The number of hydrogen-bond donors (Lipinski definition) is 0. The Morgan fingerprint density at radius 2 is 1.62 bits per heavy atom. The maximum absolute atomic E-state index is 13.4. The highest BCUT2D eigenvalue weighted by molar-refractivity contribution is 6.05. The standard InChI is InChI=1S/C20H16FNO4/c1-25-19(23)17-5-3-4-10-22(18(17)20(24)26-2)16-9-7-13-11-15(21)8-6-14(13)12-16/h3-12H,1-2H3. The summed E-state index contributed by atoms with van der Waals surface area (Å²) in [6.45, 7) is 0. The van der Waals surface area contributed by atoms with Gasteiger partial charge in [-0.2, -0.15) is 0 Å². The number of anilines is 1. The van der Waals surface area contributed by atoms with Crippen molar-refractivity contribution in [2.24, 2.45) is 0 Å². The van der Waals surface area contributed by atoms with E-state index in [9.17, 15) is 14.0 Å². The lowest BCUT2D eigenvalue weighted by Crippen LogP contribution is -2.26. The third-order valence-corrected chi connectivity index (χ3v) is 3.95. The Kier molecular flexibility index (Phi) is 4.84. The van der Waals surface area contributed by atoms with Crippen molar-refractivity contribution < 1.29 is 23.5 Å². The van der Waals surface area contributed by atoms with Gasteiger partial charge in [-0.25, -0.2) is 14.0 Å². The van der Waals surface area contributed by atoms with Crippen LogP contribution < -0.4 is 4.90 Å². The maximum atomic E-state index is 13.4. The average molecular weight is 353 g/mol. The number of hydrogen-bond acceptors (Lipinski definition) is 5. The molecule has 26 heavy (non-hydrogen) atoms. The molecule has 0 fully saturated rings. The molecule has 0 bridgehead atoms. The molecule has 0 unspecified atom stereocenters. The molecule has 1 aliphatic heterocycles. The molecule has 2 aromatic carbocycles. The number of ether oxygens (including phenoxy) is 2. The van der Waals surface area contributed by atoms with Gasteiger partial charge in [-0.05, 0) is 47.2 Å². The molecule has 0 saturated heterocycles. The second-order valence-electron chi connectivity index (χ2n) is 5.49. The van der Waals surface area contributed by atoms with Crippen molar-refractivity contribution in [3.05, 3.63) is 77.9 Å². The number of fused-ring (bicyclic) bond motifs is 1. The zero-order valence-corrected chi connectivity index (χ0v) is 14.2. The first-order valence-corrected chi connectivity index (χ1v) is 7.79. The summed E-state index contributed by atoms with van der Waals surface area (Å²) in [5.74, 6) is -1.66. The lowest BCUT2D eigenvalue weighted by Gasteiger charge is -2.23. The highest BCUT2D eigenvalue weighted by atomic mass is 19.1. The Hall–Kier alpha value is -3.41. The normalized spacial score (nSPS) is 13.7. The van der Waals surface area contributed by atoms with E-state index in [1.54, 1.807) is 47.5 Å². The topological polar surface area (TPSA) is 55.8 Å². The van der Waals surface area contributed by atoms with E-state index in [-0.39, 0.29) is 17.1 Å². The number of rotatable bonds is 3. The summed E-state index contributed by atoms with van der Waals surface area (Å²) in [6, 6.07) is 9.71. The number of halogens is 1. The van der Waals surface area contributed by atoms with Gasteiger partial charge >= 0.3 is 11.9 Å². The molecule has 0 N–H and O–H groups in total. The molecular weight excluding hydrogens is 337 g/mol. The summed E-state index contributed by atoms with van der Waals surface area (Å²) in [6.07, 6.45) is 6.45. The SMILES string of the molecule is COC(=O)C1=C(C(=O)OC)N(c2ccc3cc(F)ccc3c2)C=CC=C1. The monoisotopic (exact) mass is 353 g/mol. The van der Waals surface area contributed by atoms with Crippen LogP contribution in [0, 0.1) is 5.82 Å². The van der Waals surface area contributed by atoms with Crippen molar-refractivity contribution in [1.29, 1.82) is 0 Å². The lowest BCUT2D eigenvalue weighted by molar-refractivity contribution is -0.139. The molecule has 0 amide bonds. The summed E-state index contributed by atoms with van der Waals surface area (Å²) >= 11 is 0. The second kappa shape index (κ2) is 7.23. The van der Waals surface area contributed by atoms with Crippen molar-refractivity contribution in [2.45, 2.75) is 0 Å². The summed E-state index contributed by atoms with van der Waals surface area (Å²) in [5, 5.41) is 1.51. The van der Waals surface area contributed by atoms with E-state index in [1.807, 2.05) is 0 Å². The molecule has 2 aromatic rings. The fourth-order valence-electron chi connectivity index (χ4n) is 2.72. The van der Waals surface area contributed by atoms with Gasteiger partial charge in [0.05, 0.1) is 19.8 Å². The first kappa shape index (κ1) is 17.4. The average Bonchev–Trinajstić information content (AvgIpc) is 2.89. The molecule has 0 radical (unpaired) electrons. The first-order valence-electron chi connectivity index (χ1n) is 7.79. The summed E-state index contributed by atoms with van der Waals surface area (Å²) < 4.78 is 23.0. The quantitative estimate of drug-likeness (QED) is 0.791. The molecule has 5 nitrogen and oxygen atoms in total. The number of nitrogens with zero attached hydrogens (tertiary/aromatic N) is 1. The van der Waals surface area contributed by atoms with Crippen LogP contribution in [0.3, 0.4) is 0 Å². The van der Waals surface area contributed by atoms with Crippen LogP contribution in [-0.2, 0) is 19.1 Å². The molecule has 132 valence electrons. The van der Waals surface area contributed by atoms with Gasteiger partial charge in [-0.3, -0.25) is 0 Å². The third-order valence-electron chi connectivity index (χ3n) is 3.95. The molecule has 0 spiro atoms. The zero-order valence-electron chi connectivity index (χ0n) is 14.2. The summed E-state index contributed by atoms with van der Waals surface area (Å²) in [7, 11) is 2.48. The van der Waals surface area contributed by atoms with Crippen LogP contribution in [-0.4, -0.2) is 26.2 Å². The predicted molar refractivity (Wildman–Crippen MR) is 95.7 cm³/mol. The van der Waals surface area contributed by atoms with Gasteiger partial charge in [0.1, 0.15) is 11.5 Å². The van der Waals surface area contributed by atoms with Crippen molar-refractivity contribution in [1.82, 2.24) is 0 Å². The van der Waals surface area contributed by atoms with Gasteiger partial charge in [0.25, 0.3) is 0 Å². The maximum Gasteiger partial charge on any atom is 0.355 e. The fourth-order valence-corrected chi connectivity index (χ4v) is 2.72. The van der Waals surface area contributed by atoms with Gasteiger partial charge in [-0.15, -0.1) is 0 Å². The molecule has 0 aromatic heterocycles. The highest BCUT2D eigenvalue weighted by Gasteiger charge is 2.27. The molecule has 6 heteroatoms. The van der Waals surface area contributed by atoms with E-state index in [4.69, 9.17) is 9.47 Å². The minimum absolute atomic E-state index is 0.0332. The van der Waals surface area contributed by atoms with Crippen LogP contribution in [0.15, 0.2) is 72.1 Å². The number of esters is 2. The largest absolute Gasteiger partial charge is 0.465 e. The Bertz CT molecular complexity index is 975. The van der Waals surface area contributed by atoms with Crippen molar-refractivity contribution in [3.63, 3.8) is 0 Å². The molecule has 0 saturated carbocycles. The lowest BCUT2D eigenvalue weighted by atomic mass is 10.1. The Labute approximate surface area is 149 Å². The van der Waals surface area contributed by atoms with Gasteiger partial charge in [0.2, 0.25) is 0 Å². The summed E-state index contributed by atoms with van der Waals surface area (Å²) in [5.41, 5.74) is 0.722. The highest BCUT2D eigenvalue weighted by Crippen LogP contribution is 2.29. The van der Waals surface area contributed by atoms with Gasteiger partial charge in [0.15, 0.2) is 0 Å². The van der Waals surface area contributed by atoms with Crippen LogP contribution in [0.4, 0.5) is 10.1 Å². The van der Waals surface area contributed by atoms with Crippen LogP contribution >= 0.6 is 0 Å². The molecular formula is C20H16FNO4. The third kappa shape index (κ3) is 3.21. The van der Waals surface area contributed by atoms with Crippen LogP contribution in [0.2, 0.25) is 0 Å².